The summed E-state index contributed by atoms with van der Waals surface area (Å²) in [6.45, 7) is -0.572. The molecule has 1 aromatic heterocycles. The van der Waals surface area contributed by atoms with Crippen LogP contribution >= 0.6 is 11.6 Å². The van der Waals surface area contributed by atoms with E-state index in [1.54, 1.807) is 0 Å². The number of esters is 1. The number of aromatic nitrogens is 2. The standard InChI is InChI=1S/C19H15ClN4O6/c20-14-7-6-13(24(27)28)10-15(14)21-16(25)11-29-18(26)9-8-17-22-19(23-30-17)12-4-2-1-3-5-12/h1-7,10H,8-9,11H2,(H,21,25). The lowest BCUT2D eigenvalue weighted by atomic mass is 10.2. The van der Waals surface area contributed by atoms with Crippen molar-refractivity contribution in [1.82, 2.24) is 10.1 Å². The number of nitrogens with zero attached hydrogens (tertiary/aromatic N) is 3. The van der Waals surface area contributed by atoms with Crippen LogP contribution in [0.3, 0.4) is 0 Å². The molecule has 0 unspecified atom stereocenters. The fourth-order valence-electron chi connectivity index (χ4n) is 2.40. The number of hydrogen-bond donors (Lipinski definition) is 1. The predicted molar refractivity (Wildman–Crippen MR) is 106 cm³/mol. The molecule has 0 saturated carbocycles. The van der Waals surface area contributed by atoms with Gasteiger partial charge in [0.1, 0.15) is 0 Å². The molecule has 0 atom stereocenters. The lowest BCUT2D eigenvalue weighted by molar-refractivity contribution is -0.384. The van der Waals surface area contributed by atoms with Crippen LogP contribution in [-0.4, -0.2) is 33.5 Å². The number of aryl methyl sites for hydroxylation is 1. The van der Waals surface area contributed by atoms with E-state index in [0.29, 0.717) is 5.82 Å². The smallest absolute Gasteiger partial charge is 0.306 e. The lowest BCUT2D eigenvalue weighted by Gasteiger charge is -2.07. The van der Waals surface area contributed by atoms with Crippen LogP contribution in [0.1, 0.15) is 12.3 Å². The van der Waals surface area contributed by atoms with Crippen LogP contribution in [0.5, 0.6) is 0 Å². The molecule has 3 aromatic rings. The van der Waals surface area contributed by atoms with E-state index in [2.05, 4.69) is 15.5 Å². The van der Waals surface area contributed by atoms with E-state index in [9.17, 15) is 19.7 Å². The van der Waals surface area contributed by atoms with E-state index in [4.69, 9.17) is 20.9 Å². The molecular weight excluding hydrogens is 416 g/mol. The fourth-order valence-corrected chi connectivity index (χ4v) is 2.56. The highest BCUT2D eigenvalue weighted by atomic mass is 35.5. The van der Waals surface area contributed by atoms with Gasteiger partial charge in [-0.3, -0.25) is 19.7 Å². The van der Waals surface area contributed by atoms with Crippen molar-refractivity contribution in [3.05, 3.63) is 69.6 Å². The quantitative estimate of drug-likeness (QED) is 0.326. The first-order valence-corrected chi connectivity index (χ1v) is 9.07. The maximum atomic E-state index is 11.9. The van der Waals surface area contributed by atoms with Crippen LogP contribution in [0.2, 0.25) is 5.02 Å². The van der Waals surface area contributed by atoms with Crippen molar-refractivity contribution in [2.24, 2.45) is 0 Å². The molecule has 2 aromatic carbocycles. The summed E-state index contributed by atoms with van der Waals surface area (Å²) in [6, 6.07) is 12.8. The zero-order valence-corrected chi connectivity index (χ0v) is 16.2. The Morgan fingerprint density at radius 3 is 2.70 bits per heavy atom. The summed E-state index contributed by atoms with van der Waals surface area (Å²) in [7, 11) is 0. The van der Waals surface area contributed by atoms with Crippen molar-refractivity contribution in [3.63, 3.8) is 0 Å². The molecule has 0 bridgehead atoms. The molecule has 1 amide bonds. The van der Waals surface area contributed by atoms with E-state index in [1.165, 1.54) is 12.1 Å². The number of ether oxygens (including phenoxy) is 1. The lowest BCUT2D eigenvalue weighted by Crippen LogP contribution is -2.21. The number of amides is 1. The van der Waals surface area contributed by atoms with Gasteiger partial charge in [0.05, 0.1) is 22.1 Å². The van der Waals surface area contributed by atoms with Gasteiger partial charge in [-0.25, -0.2) is 0 Å². The van der Waals surface area contributed by atoms with Crippen LogP contribution in [0.4, 0.5) is 11.4 Å². The number of nitrogens with one attached hydrogen (secondary N) is 1. The van der Waals surface area contributed by atoms with E-state index in [1.807, 2.05) is 30.3 Å². The fraction of sp³-hybridized carbons (Fsp3) is 0.158. The maximum absolute atomic E-state index is 11.9. The number of nitro benzene ring substituents is 1. The first kappa shape index (κ1) is 20.9. The second-order valence-corrected chi connectivity index (χ2v) is 6.42. The van der Waals surface area contributed by atoms with Gasteiger partial charge in [-0.1, -0.05) is 47.1 Å². The summed E-state index contributed by atoms with van der Waals surface area (Å²) in [6.07, 6.45) is 0.0816. The molecule has 154 valence electrons. The zero-order valence-electron chi connectivity index (χ0n) is 15.4. The number of carbonyl (C=O) groups excluding carboxylic acids is 2. The number of carbonyl (C=O) groups is 2. The van der Waals surface area contributed by atoms with Crippen LogP contribution in [0, 0.1) is 10.1 Å². The molecule has 0 aliphatic rings. The molecular formula is C19H15ClN4O6. The minimum absolute atomic E-state index is 0.0474. The molecule has 0 aliphatic carbocycles. The van der Waals surface area contributed by atoms with Crippen LogP contribution in [-0.2, 0) is 20.7 Å². The number of rotatable bonds is 8. The largest absolute Gasteiger partial charge is 0.456 e. The second kappa shape index (κ2) is 9.61. The minimum atomic E-state index is -0.685. The van der Waals surface area contributed by atoms with E-state index >= 15 is 0 Å². The number of benzene rings is 2. The van der Waals surface area contributed by atoms with E-state index < -0.39 is 23.4 Å². The highest BCUT2D eigenvalue weighted by molar-refractivity contribution is 6.33. The maximum Gasteiger partial charge on any atom is 0.306 e. The summed E-state index contributed by atoms with van der Waals surface area (Å²) in [5.74, 6) is -0.657. The highest BCUT2D eigenvalue weighted by Crippen LogP contribution is 2.26. The number of hydrogen-bond acceptors (Lipinski definition) is 8. The van der Waals surface area contributed by atoms with Crippen molar-refractivity contribution in [2.75, 3.05) is 11.9 Å². The normalized spacial score (nSPS) is 10.4. The van der Waals surface area contributed by atoms with Crippen molar-refractivity contribution in [2.45, 2.75) is 12.8 Å². The predicted octanol–water partition coefficient (Wildman–Crippen LogP) is 3.41. The Kier molecular flexibility index (Phi) is 6.71. The van der Waals surface area contributed by atoms with Crippen molar-refractivity contribution in [1.29, 1.82) is 0 Å². The number of nitro groups is 1. The SMILES string of the molecule is O=C(COC(=O)CCc1nc(-c2ccccc2)no1)Nc1cc([N+](=O)[O-])ccc1Cl. The van der Waals surface area contributed by atoms with Gasteiger partial charge in [0.2, 0.25) is 11.7 Å². The highest BCUT2D eigenvalue weighted by Gasteiger charge is 2.15. The van der Waals surface area contributed by atoms with Crippen molar-refractivity contribution < 1.29 is 23.8 Å². The molecule has 1 N–H and O–H groups in total. The zero-order chi connectivity index (χ0) is 21.5. The van der Waals surface area contributed by atoms with Gasteiger partial charge in [0, 0.05) is 24.1 Å². The molecule has 0 fully saturated rings. The third-order valence-corrected chi connectivity index (χ3v) is 4.17. The Morgan fingerprint density at radius 2 is 1.97 bits per heavy atom. The summed E-state index contributed by atoms with van der Waals surface area (Å²) < 4.78 is 9.99. The minimum Gasteiger partial charge on any atom is -0.456 e. The van der Waals surface area contributed by atoms with Gasteiger partial charge < -0.3 is 14.6 Å². The molecule has 0 saturated heterocycles. The Hall–Kier alpha value is -3.79. The molecule has 30 heavy (non-hydrogen) atoms. The molecule has 10 nitrogen and oxygen atoms in total. The Labute approximate surface area is 174 Å². The van der Waals surface area contributed by atoms with Gasteiger partial charge >= 0.3 is 5.97 Å². The number of non-ortho nitro benzene ring substituents is 1. The third kappa shape index (κ3) is 5.61. The summed E-state index contributed by atoms with van der Waals surface area (Å²) in [5.41, 5.74) is 0.596. The molecule has 0 spiro atoms. The van der Waals surface area contributed by atoms with E-state index in [0.717, 1.165) is 11.6 Å². The Balaban J connectivity index is 1.46. The van der Waals surface area contributed by atoms with Crippen LogP contribution in [0.15, 0.2) is 53.1 Å². The molecule has 11 heteroatoms. The van der Waals surface area contributed by atoms with Crippen LogP contribution in [0.25, 0.3) is 11.4 Å². The van der Waals surface area contributed by atoms with Gasteiger partial charge in [0.25, 0.3) is 11.6 Å². The first-order valence-electron chi connectivity index (χ1n) is 8.70. The summed E-state index contributed by atoms with van der Waals surface area (Å²) in [4.78, 5) is 38.2. The summed E-state index contributed by atoms with van der Waals surface area (Å²) in [5, 5.41) is 17.1. The number of anilines is 1. The first-order chi connectivity index (χ1) is 14.4. The van der Waals surface area contributed by atoms with Crippen molar-refractivity contribution in [3.8, 4) is 11.4 Å². The Bertz CT molecular complexity index is 1070. The molecule has 1 heterocycles. The van der Waals surface area contributed by atoms with Gasteiger partial charge in [-0.05, 0) is 6.07 Å². The third-order valence-electron chi connectivity index (χ3n) is 3.84. The summed E-state index contributed by atoms with van der Waals surface area (Å²) >= 11 is 5.90. The van der Waals surface area contributed by atoms with Gasteiger partial charge in [-0.2, -0.15) is 4.98 Å². The van der Waals surface area contributed by atoms with Crippen LogP contribution < -0.4 is 5.32 Å². The van der Waals surface area contributed by atoms with Gasteiger partial charge in [0.15, 0.2) is 6.61 Å². The Morgan fingerprint density at radius 1 is 1.20 bits per heavy atom. The van der Waals surface area contributed by atoms with Crippen molar-refractivity contribution >= 4 is 34.9 Å². The molecule has 0 radical (unpaired) electrons. The monoisotopic (exact) mass is 430 g/mol. The van der Waals surface area contributed by atoms with Gasteiger partial charge in [-0.15, -0.1) is 0 Å². The molecule has 0 aliphatic heterocycles. The molecule has 3 rings (SSSR count). The topological polar surface area (TPSA) is 137 Å². The average Bonchev–Trinajstić information content (AvgIpc) is 3.22. The second-order valence-electron chi connectivity index (χ2n) is 6.01. The van der Waals surface area contributed by atoms with E-state index in [-0.39, 0.29) is 35.1 Å². The average molecular weight is 431 g/mol. The number of halogens is 1.